The van der Waals surface area contributed by atoms with Gasteiger partial charge in [-0.15, -0.1) is 0 Å². The molecule has 30 heavy (non-hydrogen) atoms. The standard InChI is InChI=1S/C22H35N5O3/c1-5-6-11-24-19(28)18-9-7-17(8-10-18)16-25-20(23)26-12-14-27(15-13-26)21(29)30-22(2,3)4/h7-10H,5-6,11-16H2,1-4H3,(H2,23,25)(H,24,28). The van der Waals surface area contributed by atoms with Gasteiger partial charge in [-0.05, 0) is 44.9 Å². The van der Waals surface area contributed by atoms with E-state index < -0.39 is 5.60 Å². The lowest BCUT2D eigenvalue weighted by Gasteiger charge is -2.36. The molecule has 2 amide bonds. The summed E-state index contributed by atoms with van der Waals surface area (Å²) < 4.78 is 5.41. The summed E-state index contributed by atoms with van der Waals surface area (Å²) in [6.45, 7) is 11.1. The average Bonchev–Trinajstić information content (AvgIpc) is 2.71. The van der Waals surface area contributed by atoms with Gasteiger partial charge in [0.15, 0.2) is 5.96 Å². The molecule has 3 N–H and O–H groups in total. The molecule has 0 unspecified atom stereocenters. The van der Waals surface area contributed by atoms with E-state index in [9.17, 15) is 9.59 Å². The van der Waals surface area contributed by atoms with Gasteiger partial charge in [-0.25, -0.2) is 9.79 Å². The molecule has 0 atom stereocenters. The first kappa shape index (κ1) is 23.5. The molecule has 0 bridgehead atoms. The molecule has 166 valence electrons. The van der Waals surface area contributed by atoms with E-state index >= 15 is 0 Å². The van der Waals surface area contributed by atoms with Crippen LogP contribution in [0.15, 0.2) is 29.3 Å². The third kappa shape index (κ3) is 7.57. The summed E-state index contributed by atoms with van der Waals surface area (Å²) in [6.07, 6.45) is 1.73. The number of rotatable bonds is 6. The second-order valence-corrected chi connectivity index (χ2v) is 8.44. The fourth-order valence-electron chi connectivity index (χ4n) is 2.96. The number of piperazine rings is 1. The maximum atomic E-state index is 12.1. The third-order valence-electron chi connectivity index (χ3n) is 4.71. The molecule has 0 aliphatic carbocycles. The molecule has 1 aromatic carbocycles. The number of nitrogens with zero attached hydrogens (tertiary/aromatic N) is 3. The number of carbonyl (C=O) groups excluding carboxylic acids is 2. The first-order valence-electron chi connectivity index (χ1n) is 10.6. The van der Waals surface area contributed by atoms with Gasteiger partial charge in [-0.3, -0.25) is 4.79 Å². The van der Waals surface area contributed by atoms with E-state index in [1.165, 1.54) is 0 Å². The zero-order valence-corrected chi connectivity index (χ0v) is 18.6. The highest BCUT2D eigenvalue weighted by atomic mass is 16.6. The van der Waals surface area contributed by atoms with Gasteiger partial charge in [0, 0.05) is 38.3 Å². The van der Waals surface area contributed by atoms with E-state index in [-0.39, 0.29) is 12.0 Å². The van der Waals surface area contributed by atoms with Gasteiger partial charge in [0.05, 0.1) is 6.54 Å². The Labute approximate surface area is 179 Å². The Balaban J connectivity index is 1.81. The minimum Gasteiger partial charge on any atom is -0.444 e. The van der Waals surface area contributed by atoms with Gasteiger partial charge in [0.2, 0.25) is 0 Å². The third-order valence-corrected chi connectivity index (χ3v) is 4.71. The van der Waals surface area contributed by atoms with Crippen LogP contribution < -0.4 is 11.1 Å². The van der Waals surface area contributed by atoms with Crippen molar-refractivity contribution >= 4 is 18.0 Å². The lowest BCUT2D eigenvalue weighted by Crippen LogP contribution is -2.53. The number of unbranched alkanes of at least 4 members (excludes halogenated alkanes) is 1. The van der Waals surface area contributed by atoms with Crippen molar-refractivity contribution in [2.24, 2.45) is 10.7 Å². The van der Waals surface area contributed by atoms with Crippen molar-refractivity contribution in [1.29, 1.82) is 0 Å². The first-order chi connectivity index (χ1) is 14.2. The molecule has 1 aliphatic heterocycles. The number of benzene rings is 1. The predicted molar refractivity (Wildman–Crippen MR) is 118 cm³/mol. The minimum absolute atomic E-state index is 0.0547. The van der Waals surface area contributed by atoms with Gasteiger partial charge in [0.1, 0.15) is 5.60 Å². The molecule has 0 spiro atoms. The molecule has 1 aliphatic rings. The van der Waals surface area contributed by atoms with E-state index in [2.05, 4.69) is 17.2 Å². The van der Waals surface area contributed by atoms with Gasteiger partial charge in [0.25, 0.3) is 5.91 Å². The minimum atomic E-state index is -0.500. The number of nitrogens with two attached hydrogens (primary N) is 1. The topological polar surface area (TPSA) is 100 Å². The molecule has 1 saturated heterocycles. The summed E-state index contributed by atoms with van der Waals surface area (Å²) in [6, 6.07) is 7.40. The Bertz CT molecular complexity index is 732. The Morgan fingerprint density at radius 2 is 1.70 bits per heavy atom. The molecular weight excluding hydrogens is 382 g/mol. The van der Waals surface area contributed by atoms with Crippen LogP contribution in [0, 0.1) is 0 Å². The monoisotopic (exact) mass is 417 g/mol. The number of aliphatic imine (C=N–C) groups is 1. The van der Waals surface area contributed by atoms with Crippen LogP contribution in [0.25, 0.3) is 0 Å². The van der Waals surface area contributed by atoms with Gasteiger partial charge in [-0.1, -0.05) is 25.5 Å². The fourth-order valence-corrected chi connectivity index (χ4v) is 2.96. The Morgan fingerprint density at radius 3 is 2.27 bits per heavy atom. The van der Waals surface area contributed by atoms with Crippen LogP contribution >= 0.6 is 0 Å². The molecule has 1 fully saturated rings. The lowest BCUT2D eigenvalue weighted by atomic mass is 10.1. The Morgan fingerprint density at radius 1 is 1.10 bits per heavy atom. The van der Waals surface area contributed by atoms with E-state index in [1.54, 1.807) is 4.90 Å². The summed E-state index contributed by atoms with van der Waals surface area (Å²) in [5.74, 6) is 0.404. The van der Waals surface area contributed by atoms with E-state index in [4.69, 9.17) is 10.5 Å². The normalized spacial score (nSPS) is 15.1. The van der Waals surface area contributed by atoms with Crippen LogP contribution in [0.5, 0.6) is 0 Å². The van der Waals surface area contributed by atoms with Gasteiger partial charge in [-0.2, -0.15) is 0 Å². The molecule has 1 heterocycles. The summed E-state index contributed by atoms with van der Waals surface area (Å²) >= 11 is 0. The summed E-state index contributed by atoms with van der Waals surface area (Å²) in [5, 5.41) is 2.91. The van der Waals surface area contributed by atoms with Crippen molar-refractivity contribution < 1.29 is 14.3 Å². The number of ether oxygens (including phenoxy) is 1. The average molecular weight is 418 g/mol. The molecule has 0 saturated carbocycles. The molecule has 0 radical (unpaired) electrons. The number of carbonyl (C=O) groups is 2. The summed E-state index contributed by atoms with van der Waals surface area (Å²) in [5.41, 5.74) is 7.27. The summed E-state index contributed by atoms with van der Waals surface area (Å²) in [7, 11) is 0. The highest BCUT2D eigenvalue weighted by Gasteiger charge is 2.26. The highest BCUT2D eigenvalue weighted by Crippen LogP contribution is 2.12. The van der Waals surface area contributed by atoms with Crippen molar-refractivity contribution in [2.45, 2.75) is 52.7 Å². The Hall–Kier alpha value is -2.77. The molecular formula is C22H35N5O3. The van der Waals surface area contributed by atoms with E-state index in [0.717, 1.165) is 18.4 Å². The second kappa shape index (κ2) is 10.8. The number of amides is 2. The number of nitrogens with one attached hydrogen (secondary N) is 1. The lowest BCUT2D eigenvalue weighted by molar-refractivity contribution is 0.0186. The van der Waals surface area contributed by atoms with Crippen molar-refractivity contribution in [3.63, 3.8) is 0 Å². The smallest absolute Gasteiger partial charge is 0.410 e. The van der Waals surface area contributed by atoms with Crippen LogP contribution in [0.3, 0.4) is 0 Å². The number of guanidine groups is 1. The van der Waals surface area contributed by atoms with Crippen molar-refractivity contribution in [2.75, 3.05) is 32.7 Å². The quantitative estimate of drug-likeness (QED) is 0.421. The Kier molecular flexibility index (Phi) is 8.50. The van der Waals surface area contributed by atoms with Crippen molar-refractivity contribution in [1.82, 2.24) is 15.1 Å². The van der Waals surface area contributed by atoms with Crippen LogP contribution in [0.1, 0.15) is 56.5 Å². The molecule has 0 aromatic heterocycles. The largest absolute Gasteiger partial charge is 0.444 e. The van der Waals surface area contributed by atoms with Crippen LogP contribution in [-0.4, -0.2) is 66.1 Å². The molecule has 1 aromatic rings. The first-order valence-corrected chi connectivity index (χ1v) is 10.6. The molecule has 2 rings (SSSR count). The predicted octanol–water partition coefficient (Wildman–Crippen LogP) is 2.58. The van der Waals surface area contributed by atoms with Crippen molar-refractivity contribution in [3.05, 3.63) is 35.4 Å². The number of hydrogen-bond acceptors (Lipinski definition) is 4. The highest BCUT2D eigenvalue weighted by molar-refractivity contribution is 5.94. The van der Waals surface area contributed by atoms with Gasteiger partial charge >= 0.3 is 6.09 Å². The van der Waals surface area contributed by atoms with Crippen LogP contribution in [0.4, 0.5) is 4.79 Å². The second-order valence-electron chi connectivity index (χ2n) is 8.44. The molecule has 8 heteroatoms. The van der Waals surface area contributed by atoms with E-state index in [1.807, 2.05) is 49.9 Å². The SMILES string of the molecule is CCCCNC(=O)c1ccc(CN=C(N)N2CCN(C(=O)OC(C)(C)C)CC2)cc1. The zero-order chi connectivity index (χ0) is 22.1. The van der Waals surface area contributed by atoms with Crippen LogP contribution in [-0.2, 0) is 11.3 Å². The van der Waals surface area contributed by atoms with Crippen LogP contribution in [0.2, 0.25) is 0 Å². The maximum absolute atomic E-state index is 12.1. The molecule has 8 nitrogen and oxygen atoms in total. The van der Waals surface area contributed by atoms with E-state index in [0.29, 0.717) is 50.8 Å². The fraction of sp³-hybridized carbons (Fsp3) is 0.591. The summed E-state index contributed by atoms with van der Waals surface area (Å²) in [4.78, 5) is 32.3. The maximum Gasteiger partial charge on any atom is 0.410 e. The van der Waals surface area contributed by atoms with Gasteiger partial charge < -0.3 is 25.6 Å². The van der Waals surface area contributed by atoms with Crippen molar-refractivity contribution in [3.8, 4) is 0 Å². The zero-order valence-electron chi connectivity index (χ0n) is 18.6. The number of hydrogen-bond donors (Lipinski definition) is 2.